The number of nitrogens with zero attached hydrogens (tertiary/aromatic N) is 3. The number of aliphatic hydroxyl groups is 1. The van der Waals surface area contributed by atoms with Crippen molar-refractivity contribution in [1.82, 2.24) is 14.7 Å². The van der Waals surface area contributed by atoms with E-state index in [1.807, 2.05) is 44.3 Å². The fourth-order valence-corrected chi connectivity index (χ4v) is 3.65. The van der Waals surface area contributed by atoms with E-state index in [1.54, 1.807) is 11.8 Å². The van der Waals surface area contributed by atoms with Gasteiger partial charge in [-0.15, -0.1) is 0 Å². The van der Waals surface area contributed by atoms with Gasteiger partial charge in [-0.25, -0.2) is 4.68 Å². The quantitative estimate of drug-likeness (QED) is 0.921. The molecule has 0 saturated carbocycles. The van der Waals surface area contributed by atoms with Crippen molar-refractivity contribution in [2.45, 2.75) is 31.9 Å². The van der Waals surface area contributed by atoms with Crippen LogP contribution in [0.25, 0.3) is 0 Å². The number of aryl methyl sites for hydroxylation is 2. The zero-order chi connectivity index (χ0) is 16.4. The summed E-state index contributed by atoms with van der Waals surface area (Å²) in [6.07, 6.45) is 1.73. The predicted molar refractivity (Wildman–Crippen MR) is 89.4 cm³/mol. The molecule has 0 bridgehead atoms. The van der Waals surface area contributed by atoms with E-state index in [2.05, 4.69) is 10.00 Å². The summed E-state index contributed by atoms with van der Waals surface area (Å²) < 4.78 is 7.36. The molecular weight excluding hydrogens is 290 g/mol. The number of rotatable bonds is 5. The van der Waals surface area contributed by atoms with E-state index >= 15 is 0 Å². The van der Waals surface area contributed by atoms with Crippen molar-refractivity contribution in [2.24, 2.45) is 7.05 Å². The number of likely N-dealkylation sites (tertiary alicyclic amines) is 1. The molecule has 1 saturated heterocycles. The van der Waals surface area contributed by atoms with Crippen molar-refractivity contribution in [2.75, 3.05) is 20.2 Å². The third-order valence-electron chi connectivity index (χ3n) is 4.70. The molecule has 3 rings (SSSR count). The highest BCUT2D eigenvalue weighted by Crippen LogP contribution is 2.39. The lowest BCUT2D eigenvalue weighted by atomic mass is 10.0. The van der Waals surface area contributed by atoms with Gasteiger partial charge in [0.2, 0.25) is 5.88 Å². The number of aromatic nitrogens is 2. The molecule has 0 unspecified atom stereocenters. The lowest BCUT2D eigenvalue weighted by Gasteiger charge is -2.27. The molecule has 2 heterocycles. The second-order valence-electron chi connectivity index (χ2n) is 6.21. The first kappa shape index (κ1) is 16.0. The highest BCUT2D eigenvalue weighted by Gasteiger charge is 2.33. The van der Waals surface area contributed by atoms with Gasteiger partial charge in [0.1, 0.15) is 0 Å². The molecule has 0 spiro atoms. The SMILES string of the molecule is COc1c([C@@H]2CCCN2C[C@H](O)c2ccccc2)c(C)nn1C. The molecule has 1 aliphatic heterocycles. The zero-order valence-corrected chi connectivity index (χ0v) is 14.1. The molecule has 124 valence electrons. The Bertz CT molecular complexity index is 654. The van der Waals surface area contributed by atoms with E-state index in [1.165, 1.54) is 0 Å². The smallest absolute Gasteiger partial charge is 0.216 e. The molecule has 5 heteroatoms. The van der Waals surface area contributed by atoms with Crippen LogP contribution in [0, 0.1) is 6.92 Å². The molecule has 2 aromatic rings. The average Bonchev–Trinajstić information content (AvgIpc) is 3.11. The van der Waals surface area contributed by atoms with Crippen LogP contribution in [-0.4, -0.2) is 40.0 Å². The van der Waals surface area contributed by atoms with Gasteiger partial charge in [-0.3, -0.25) is 4.90 Å². The number of β-amino-alcohol motifs (C(OH)–C–C–N with tert-alkyl or cyclic N) is 1. The van der Waals surface area contributed by atoms with Crippen molar-refractivity contribution in [3.8, 4) is 5.88 Å². The van der Waals surface area contributed by atoms with Gasteiger partial charge in [-0.1, -0.05) is 30.3 Å². The molecule has 1 N–H and O–H groups in total. The van der Waals surface area contributed by atoms with E-state index in [4.69, 9.17) is 4.74 Å². The summed E-state index contributed by atoms with van der Waals surface area (Å²) >= 11 is 0. The molecule has 2 atom stereocenters. The second-order valence-corrected chi connectivity index (χ2v) is 6.21. The third-order valence-corrected chi connectivity index (χ3v) is 4.70. The van der Waals surface area contributed by atoms with Crippen LogP contribution in [-0.2, 0) is 7.05 Å². The summed E-state index contributed by atoms with van der Waals surface area (Å²) in [6, 6.07) is 10.1. The van der Waals surface area contributed by atoms with Crippen molar-refractivity contribution in [3.63, 3.8) is 0 Å². The van der Waals surface area contributed by atoms with Gasteiger partial charge in [0.15, 0.2) is 0 Å². The number of aliphatic hydroxyl groups excluding tert-OH is 1. The van der Waals surface area contributed by atoms with Crippen LogP contribution in [0.2, 0.25) is 0 Å². The Morgan fingerprint density at radius 3 is 2.78 bits per heavy atom. The van der Waals surface area contributed by atoms with Crippen molar-refractivity contribution >= 4 is 0 Å². The van der Waals surface area contributed by atoms with Gasteiger partial charge >= 0.3 is 0 Å². The fourth-order valence-electron chi connectivity index (χ4n) is 3.65. The van der Waals surface area contributed by atoms with Gasteiger partial charge in [-0.05, 0) is 31.9 Å². The number of hydrogen-bond acceptors (Lipinski definition) is 4. The van der Waals surface area contributed by atoms with Crippen LogP contribution in [0.1, 0.15) is 41.8 Å². The number of hydrogen-bond donors (Lipinski definition) is 1. The lowest BCUT2D eigenvalue weighted by Crippen LogP contribution is -2.28. The third kappa shape index (κ3) is 3.12. The summed E-state index contributed by atoms with van der Waals surface area (Å²) in [7, 11) is 3.60. The molecule has 1 aromatic carbocycles. The van der Waals surface area contributed by atoms with Gasteiger partial charge < -0.3 is 9.84 Å². The molecular formula is C18H25N3O2. The highest BCUT2D eigenvalue weighted by atomic mass is 16.5. The number of methoxy groups -OCH3 is 1. The molecule has 0 amide bonds. The predicted octanol–water partition coefficient (Wildman–Crippen LogP) is 2.61. The van der Waals surface area contributed by atoms with Crippen LogP contribution >= 0.6 is 0 Å². The standard InChI is InChI=1S/C18H25N3O2/c1-13-17(18(23-3)20(2)19-13)15-10-7-11-21(15)12-16(22)14-8-5-4-6-9-14/h4-6,8-9,15-16,22H,7,10-12H2,1-3H3/t15-,16-/m0/s1. The Balaban J connectivity index is 1.81. The maximum atomic E-state index is 10.6. The summed E-state index contributed by atoms with van der Waals surface area (Å²) in [5.41, 5.74) is 3.14. The maximum Gasteiger partial charge on any atom is 0.216 e. The Labute approximate surface area is 137 Å². The Morgan fingerprint density at radius 1 is 1.35 bits per heavy atom. The summed E-state index contributed by atoms with van der Waals surface area (Å²) in [4.78, 5) is 2.35. The topological polar surface area (TPSA) is 50.5 Å². The molecule has 1 fully saturated rings. The monoisotopic (exact) mass is 315 g/mol. The van der Waals surface area contributed by atoms with Gasteiger partial charge in [0.25, 0.3) is 0 Å². The number of ether oxygens (including phenoxy) is 1. The van der Waals surface area contributed by atoms with E-state index in [0.717, 1.165) is 42.1 Å². The first-order chi connectivity index (χ1) is 11.1. The van der Waals surface area contributed by atoms with Gasteiger partial charge in [0, 0.05) is 19.6 Å². The van der Waals surface area contributed by atoms with Gasteiger partial charge in [-0.2, -0.15) is 5.10 Å². The summed E-state index contributed by atoms with van der Waals surface area (Å²) in [6.45, 7) is 3.65. The fraction of sp³-hybridized carbons (Fsp3) is 0.500. The normalized spacial score (nSPS) is 19.9. The Kier molecular flexibility index (Phi) is 4.68. The highest BCUT2D eigenvalue weighted by molar-refractivity contribution is 5.35. The largest absolute Gasteiger partial charge is 0.481 e. The molecule has 23 heavy (non-hydrogen) atoms. The molecule has 1 aliphatic rings. The summed E-state index contributed by atoms with van der Waals surface area (Å²) in [5.74, 6) is 0.827. The van der Waals surface area contributed by atoms with E-state index in [9.17, 15) is 5.11 Å². The first-order valence-corrected chi connectivity index (χ1v) is 8.16. The van der Waals surface area contributed by atoms with E-state index in [0.29, 0.717) is 6.54 Å². The number of benzene rings is 1. The summed E-state index contributed by atoms with van der Waals surface area (Å²) in [5, 5.41) is 15.1. The molecule has 0 radical (unpaired) electrons. The minimum absolute atomic E-state index is 0.261. The second kappa shape index (κ2) is 6.72. The molecule has 5 nitrogen and oxygen atoms in total. The lowest BCUT2D eigenvalue weighted by molar-refractivity contribution is 0.105. The average molecular weight is 315 g/mol. The van der Waals surface area contributed by atoms with Crippen molar-refractivity contribution < 1.29 is 9.84 Å². The molecule has 1 aromatic heterocycles. The first-order valence-electron chi connectivity index (χ1n) is 8.16. The Morgan fingerprint density at radius 2 is 2.09 bits per heavy atom. The van der Waals surface area contributed by atoms with Crippen LogP contribution in [0.5, 0.6) is 5.88 Å². The van der Waals surface area contributed by atoms with Gasteiger partial charge in [0.05, 0.1) is 24.5 Å². The van der Waals surface area contributed by atoms with Crippen LogP contribution < -0.4 is 4.74 Å². The van der Waals surface area contributed by atoms with Crippen molar-refractivity contribution in [1.29, 1.82) is 0 Å². The molecule has 0 aliphatic carbocycles. The van der Waals surface area contributed by atoms with Crippen LogP contribution in [0.15, 0.2) is 30.3 Å². The van der Waals surface area contributed by atoms with Crippen LogP contribution in [0.3, 0.4) is 0 Å². The minimum atomic E-state index is -0.472. The van der Waals surface area contributed by atoms with E-state index in [-0.39, 0.29) is 6.04 Å². The zero-order valence-electron chi connectivity index (χ0n) is 14.1. The van der Waals surface area contributed by atoms with Crippen molar-refractivity contribution in [3.05, 3.63) is 47.2 Å². The van der Waals surface area contributed by atoms with E-state index < -0.39 is 6.10 Å². The minimum Gasteiger partial charge on any atom is -0.481 e. The van der Waals surface area contributed by atoms with Crippen LogP contribution in [0.4, 0.5) is 0 Å². The Hall–Kier alpha value is -1.85. The maximum absolute atomic E-state index is 10.6.